The standard InChI is InChI=1S/C16H14N2/c1-10-7-11(2)16-14(8-10)18-13-6-4-3-5-12(13)9-15(18)17-16/h3-9,17H,1-2H3. The van der Waals surface area contributed by atoms with Gasteiger partial charge in [0.15, 0.2) is 0 Å². The van der Waals surface area contributed by atoms with Gasteiger partial charge in [0.25, 0.3) is 0 Å². The molecule has 2 aromatic carbocycles. The SMILES string of the molecule is Cc1cc(C)c2[nH]c3cc4ccccc4n3c2c1. The molecule has 0 spiro atoms. The first-order chi connectivity index (χ1) is 8.74. The molecule has 0 atom stereocenters. The maximum absolute atomic E-state index is 3.53. The first-order valence-electron chi connectivity index (χ1n) is 6.23. The third kappa shape index (κ3) is 1.12. The van der Waals surface area contributed by atoms with Crippen molar-refractivity contribution in [2.75, 3.05) is 0 Å². The van der Waals surface area contributed by atoms with E-state index in [9.17, 15) is 0 Å². The summed E-state index contributed by atoms with van der Waals surface area (Å²) in [5.41, 5.74) is 7.55. The van der Waals surface area contributed by atoms with E-state index in [-0.39, 0.29) is 0 Å². The van der Waals surface area contributed by atoms with Gasteiger partial charge in [-0.3, -0.25) is 4.40 Å². The predicted molar refractivity (Wildman–Crippen MR) is 76.2 cm³/mol. The summed E-state index contributed by atoms with van der Waals surface area (Å²) >= 11 is 0. The summed E-state index contributed by atoms with van der Waals surface area (Å²) in [7, 11) is 0. The molecule has 2 heteroatoms. The summed E-state index contributed by atoms with van der Waals surface area (Å²) in [6, 6.07) is 15.2. The topological polar surface area (TPSA) is 20.2 Å². The van der Waals surface area contributed by atoms with Gasteiger partial charge in [0.1, 0.15) is 5.65 Å². The Morgan fingerprint density at radius 1 is 0.944 bits per heavy atom. The maximum atomic E-state index is 3.53. The van der Waals surface area contributed by atoms with Gasteiger partial charge in [-0.25, -0.2) is 0 Å². The van der Waals surface area contributed by atoms with E-state index >= 15 is 0 Å². The second-order valence-corrected chi connectivity index (χ2v) is 5.02. The maximum Gasteiger partial charge on any atom is 0.116 e. The zero-order chi connectivity index (χ0) is 12.3. The van der Waals surface area contributed by atoms with Crippen LogP contribution in [0.15, 0.2) is 42.5 Å². The summed E-state index contributed by atoms with van der Waals surface area (Å²) in [6.45, 7) is 4.31. The smallest absolute Gasteiger partial charge is 0.116 e. The van der Waals surface area contributed by atoms with Crippen LogP contribution in [-0.2, 0) is 0 Å². The number of aromatic nitrogens is 2. The molecule has 0 aliphatic carbocycles. The van der Waals surface area contributed by atoms with E-state index in [1.54, 1.807) is 0 Å². The number of aromatic amines is 1. The zero-order valence-corrected chi connectivity index (χ0v) is 10.5. The van der Waals surface area contributed by atoms with E-state index in [1.165, 1.54) is 38.7 Å². The highest BCUT2D eigenvalue weighted by molar-refractivity contribution is 5.95. The van der Waals surface area contributed by atoms with E-state index in [0.29, 0.717) is 0 Å². The molecule has 4 aromatic rings. The van der Waals surface area contributed by atoms with Crippen LogP contribution in [0.1, 0.15) is 11.1 Å². The molecule has 0 fully saturated rings. The van der Waals surface area contributed by atoms with Crippen molar-refractivity contribution < 1.29 is 0 Å². The third-order valence-corrected chi connectivity index (χ3v) is 3.66. The average molecular weight is 234 g/mol. The fourth-order valence-corrected chi connectivity index (χ4v) is 2.92. The Bertz CT molecular complexity index is 894. The van der Waals surface area contributed by atoms with Crippen molar-refractivity contribution in [2.24, 2.45) is 0 Å². The number of para-hydroxylation sites is 1. The summed E-state index contributed by atoms with van der Waals surface area (Å²) in [5.74, 6) is 0. The van der Waals surface area contributed by atoms with E-state index in [2.05, 4.69) is 65.7 Å². The molecule has 4 rings (SSSR count). The minimum absolute atomic E-state index is 1.17. The first-order valence-corrected chi connectivity index (χ1v) is 6.23. The van der Waals surface area contributed by atoms with E-state index < -0.39 is 0 Å². The number of aryl methyl sites for hydroxylation is 2. The first kappa shape index (κ1) is 9.77. The van der Waals surface area contributed by atoms with Crippen LogP contribution >= 0.6 is 0 Å². The van der Waals surface area contributed by atoms with Gasteiger partial charge in [-0.15, -0.1) is 0 Å². The van der Waals surface area contributed by atoms with Crippen LogP contribution in [0.2, 0.25) is 0 Å². The molecular weight excluding hydrogens is 220 g/mol. The molecule has 0 aliphatic heterocycles. The second kappa shape index (κ2) is 3.16. The van der Waals surface area contributed by atoms with Crippen molar-refractivity contribution in [1.29, 1.82) is 0 Å². The van der Waals surface area contributed by atoms with Crippen molar-refractivity contribution in [3.63, 3.8) is 0 Å². The van der Waals surface area contributed by atoms with Crippen LogP contribution < -0.4 is 0 Å². The molecule has 1 N–H and O–H groups in total. The Hall–Kier alpha value is -2.22. The molecule has 2 heterocycles. The number of fused-ring (bicyclic) bond motifs is 5. The average Bonchev–Trinajstić information content (AvgIpc) is 2.85. The van der Waals surface area contributed by atoms with Crippen LogP contribution in [0.4, 0.5) is 0 Å². The van der Waals surface area contributed by atoms with Crippen LogP contribution in [0.5, 0.6) is 0 Å². The molecular formula is C16H14N2. The van der Waals surface area contributed by atoms with Gasteiger partial charge >= 0.3 is 0 Å². The molecule has 0 radical (unpaired) electrons. The Labute approximate surface area is 105 Å². The van der Waals surface area contributed by atoms with Gasteiger partial charge in [0, 0.05) is 5.39 Å². The lowest BCUT2D eigenvalue weighted by Gasteiger charge is -2.00. The van der Waals surface area contributed by atoms with Crippen molar-refractivity contribution >= 4 is 27.6 Å². The highest BCUT2D eigenvalue weighted by Gasteiger charge is 2.10. The molecule has 0 saturated carbocycles. The van der Waals surface area contributed by atoms with Crippen LogP contribution in [0.3, 0.4) is 0 Å². The number of imidazole rings is 1. The molecule has 18 heavy (non-hydrogen) atoms. The quantitative estimate of drug-likeness (QED) is 0.471. The van der Waals surface area contributed by atoms with Gasteiger partial charge in [-0.05, 0) is 43.2 Å². The second-order valence-electron chi connectivity index (χ2n) is 5.02. The van der Waals surface area contributed by atoms with Gasteiger partial charge in [-0.1, -0.05) is 24.3 Å². The zero-order valence-electron chi connectivity index (χ0n) is 10.5. The normalized spacial score (nSPS) is 11.9. The van der Waals surface area contributed by atoms with Gasteiger partial charge < -0.3 is 4.98 Å². The predicted octanol–water partition coefficient (Wildman–Crippen LogP) is 4.19. The minimum Gasteiger partial charge on any atom is -0.339 e. The Morgan fingerprint density at radius 3 is 2.67 bits per heavy atom. The lowest BCUT2D eigenvalue weighted by atomic mass is 10.1. The number of rotatable bonds is 0. The minimum atomic E-state index is 1.17. The molecule has 88 valence electrons. The van der Waals surface area contributed by atoms with Gasteiger partial charge in [-0.2, -0.15) is 0 Å². The van der Waals surface area contributed by atoms with Gasteiger partial charge in [0.2, 0.25) is 0 Å². The van der Waals surface area contributed by atoms with Crippen molar-refractivity contribution in [1.82, 2.24) is 9.38 Å². The monoisotopic (exact) mass is 234 g/mol. The third-order valence-electron chi connectivity index (χ3n) is 3.66. The fourth-order valence-electron chi connectivity index (χ4n) is 2.92. The number of benzene rings is 2. The lowest BCUT2D eigenvalue weighted by Crippen LogP contribution is -1.83. The lowest BCUT2D eigenvalue weighted by molar-refractivity contribution is 1.33. The molecule has 0 unspecified atom stereocenters. The summed E-state index contributed by atoms with van der Waals surface area (Å²) in [5, 5.41) is 1.28. The largest absolute Gasteiger partial charge is 0.339 e. The number of H-pyrrole nitrogens is 1. The number of hydrogen-bond donors (Lipinski definition) is 1. The molecule has 0 bridgehead atoms. The van der Waals surface area contributed by atoms with Crippen LogP contribution in [0, 0.1) is 13.8 Å². The Kier molecular flexibility index (Phi) is 1.72. The molecule has 0 saturated heterocycles. The molecule has 2 aromatic heterocycles. The molecule has 0 aliphatic rings. The Morgan fingerprint density at radius 2 is 1.78 bits per heavy atom. The summed E-state index contributed by atoms with van der Waals surface area (Å²) < 4.78 is 2.31. The summed E-state index contributed by atoms with van der Waals surface area (Å²) in [6.07, 6.45) is 0. The van der Waals surface area contributed by atoms with Crippen molar-refractivity contribution in [3.8, 4) is 0 Å². The fraction of sp³-hybridized carbons (Fsp3) is 0.125. The van der Waals surface area contributed by atoms with Crippen molar-refractivity contribution in [3.05, 3.63) is 53.6 Å². The van der Waals surface area contributed by atoms with Crippen LogP contribution in [0.25, 0.3) is 27.6 Å². The van der Waals surface area contributed by atoms with Crippen molar-refractivity contribution in [2.45, 2.75) is 13.8 Å². The number of nitrogens with zero attached hydrogens (tertiary/aromatic N) is 1. The van der Waals surface area contributed by atoms with E-state index in [1.807, 2.05) is 0 Å². The molecule has 0 amide bonds. The van der Waals surface area contributed by atoms with Crippen LogP contribution in [-0.4, -0.2) is 9.38 Å². The van der Waals surface area contributed by atoms with Gasteiger partial charge in [0.05, 0.1) is 16.6 Å². The van der Waals surface area contributed by atoms with E-state index in [4.69, 9.17) is 0 Å². The number of hydrogen-bond acceptors (Lipinski definition) is 0. The Balaban J connectivity index is 2.33. The summed E-state index contributed by atoms with van der Waals surface area (Å²) in [4.78, 5) is 3.53. The van der Waals surface area contributed by atoms with E-state index in [0.717, 1.165) is 0 Å². The highest BCUT2D eigenvalue weighted by Crippen LogP contribution is 2.27. The number of nitrogens with one attached hydrogen (secondary N) is 1. The highest BCUT2D eigenvalue weighted by atomic mass is 15.0. The molecule has 2 nitrogen and oxygen atoms in total.